The van der Waals surface area contributed by atoms with Gasteiger partial charge in [0.15, 0.2) is 0 Å². The molecule has 146 valence electrons. The van der Waals surface area contributed by atoms with E-state index >= 15 is 0 Å². The minimum atomic E-state index is -0.400. The lowest BCUT2D eigenvalue weighted by Crippen LogP contribution is -2.43. The topological polar surface area (TPSA) is 101 Å². The molecule has 0 radical (unpaired) electrons. The standard InChI is InChI=1S/C18H19FN6O2S/c1-10-14(11(2)25-17(20-10)21-18(24-25)28-3)9-16(27)23-22-15(26)8-12-4-6-13(19)7-5-12/h4-7H,8-9H2,1-3H3,(H,22,26)(H,23,27). The van der Waals surface area contributed by atoms with Crippen LogP contribution in [0.2, 0.25) is 0 Å². The highest BCUT2D eigenvalue weighted by atomic mass is 32.2. The molecule has 8 nitrogen and oxygen atoms in total. The highest BCUT2D eigenvalue weighted by Crippen LogP contribution is 2.17. The van der Waals surface area contributed by atoms with E-state index in [0.29, 0.717) is 22.2 Å². The summed E-state index contributed by atoms with van der Waals surface area (Å²) in [5, 5.41) is 4.95. The number of halogens is 1. The Morgan fingerprint density at radius 1 is 1.07 bits per heavy atom. The molecule has 0 aliphatic heterocycles. The average Bonchev–Trinajstić information content (AvgIpc) is 3.08. The molecule has 28 heavy (non-hydrogen) atoms. The number of nitrogens with one attached hydrogen (secondary N) is 2. The van der Waals surface area contributed by atoms with E-state index in [2.05, 4.69) is 25.9 Å². The number of rotatable bonds is 5. The van der Waals surface area contributed by atoms with E-state index in [4.69, 9.17) is 0 Å². The summed E-state index contributed by atoms with van der Waals surface area (Å²) in [6.45, 7) is 3.65. The molecule has 0 saturated carbocycles. The summed E-state index contributed by atoms with van der Waals surface area (Å²) < 4.78 is 14.5. The van der Waals surface area contributed by atoms with Gasteiger partial charge in [-0.15, -0.1) is 5.10 Å². The predicted octanol–water partition coefficient (Wildman–Crippen LogP) is 1.53. The number of aryl methyl sites for hydroxylation is 2. The van der Waals surface area contributed by atoms with Gasteiger partial charge in [0.25, 0.3) is 5.78 Å². The largest absolute Gasteiger partial charge is 0.273 e. The molecule has 0 spiro atoms. The lowest BCUT2D eigenvalue weighted by Gasteiger charge is -2.11. The highest BCUT2D eigenvalue weighted by Gasteiger charge is 2.16. The molecule has 2 N–H and O–H groups in total. The van der Waals surface area contributed by atoms with Crippen LogP contribution in [0.5, 0.6) is 0 Å². The van der Waals surface area contributed by atoms with Crippen molar-refractivity contribution in [3.05, 3.63) is 52.6 Å². The van der Waals surface area contributed by atoms with Crippen LogP contribution in [0.3, 0.4) is 0 Å². The quantitative estimate of drug-likeness (QED) is 0.496. The molecule has 0 aliphatic carbocycles. The van der Waals surface area contributed by atoms with Gasteiger partial charge in [-0.2, -0.15) is 4.98 Å². The molecule has 0 atom stereocenters. The number of fused-ring (bicyclic) bond motifs is 1. The van der Waals surface area contributed by atoms with Gasteiger partial charge >= 0.3 is 0 Å². The molecular formula is C18H19FN6O2S. The first-order valence-electron chi connectivity index (χ1n) is 8.46. The zero-order valence-electron chi connectivity index (χ0n) is 15.6. The van der Waals surface area contributed by atoms with Gasteiger partial charge < -0.3 is 0 Å². The Balaban J connectivity index is 1.62. The molecule has 0 fully saturated rings. The van der Waals surface area contributed by atoms with Gasteiger partial charge in [0, 0.05) is 17.0 Å². The number of hydrazine groups is 1. The number of benzene rings is 1. The van der Waals surface area contributed by atoms with Gasteiger partial charge in [0.2, 0.25) is 17.0 Å². The minimum absolute atomic E-state index is 0.0303. The molecule has 0 aliphatic rings. The molecule has 3 rings (SSSR count). The Bertz CT molecular complexity index is 1030. The molecule has 2 amide bonds. The maximum Gasteiger partial charge on any atom is 0.253 e. The first kappa shape index (κ1) is 19.7. The van der Waals surface area contributed by atoms with Crippen molar-refractivity contribution < 1.29 is 14.0 Å². The zero-order chi connectivity index (χ0) is 20.3. The van der Waals surface area contributed by atoms with Crippen LogP contribution in [0.25, 0.3) is 5.78 Å². The smallest absolute Gasteiger partial charge is 0.253 e. The Morgan fingerprint density at radius 3 is 2.36 bits per heavy atom. The van der Waals surface area contributed by atoms with Gasteiger partial charge in [-0.1, -0.05) is 23.9 Å². The number of amides is 2. The maximum absolute atomic E-state index is 12.9. The van der Waals surface area contributed by atoms with E-state index in [-0.39, 0.29) is 24.6 Å². The van der Waals surface area contributed by atoms with Gasteiger partial charge in [-0.05, 0) is 37.8 Å². The fraction of sp³-hybridized carbons (Fsp3) is 0.278. The normalized spacial score (nSPS) is 10.9. The molecule has 0 unspecified atom stereocenters. The Kier molecular flexibility index (Phi) is 5.88. The van der Waals surface area contributed by atoms with Crippen molar-refractivity contribution in [2.75, 3.05) is 6.26 Å². The summed E-state index contributed by atoms with van der Waals surface area (Å²) in [7, 11) is 0. The van der Waals surface area contributed by atoms with E-state index < -0.39 is 5.91 Å². The monoisotopic (exact) mass is 402 g/mol. The predicted molar refractivity (Wildman–Crippen MR) is 102 cm³/mol. The number of hydrogen-bond donors (Lipinski definition) is 2. The SMILES string of the molecule is CSc1nc2nc(C)c(CC(=O)NNC(=O)Cc3ccc(F)cc3)c(C)n2n1. The van der Waals surface area contributed by atoms with Crippen LogP contribution in [0.15, 0.2) is 29.4 Å². The molecule has 0 bridgehead atoms. The van der Waals surface area contributed by atoms with Crippen LogP contribution in [-0.2, 0) is 22.4 Å². The third-order valence-corrected chi connectivity index (χ3v) is 4.71. The summed E-state index contributed by atoms with van der Waals surface area (Å²) in [5.41, 5.74) is 7.56. The first-order chi connectivity index (χ1) is 13.4. The van der Waals surface area contributed by atoms with Gasteiger partial charge in [-0.3, -0.25) is 20.4 Å². The van der Waals surface area contributed by atoms with Crippen molar-refractivity contribution in [1.82, 2.24) is 30.4 Å². The summed E-state index contributed by atoms with van der Waals surface area (Å²) in [4.78, 5) is 32.9. The van der Waals surface area contributed by atoms with E-state index in [9.17, 15) is 14.0 Å². The molecule has 0 saturated heterocycles. The van der Waals surface area contributed by atoms with E-state index in [1.807, 2.05) is 13.2 Å². The number of aromatic nitrogens is 4. The van der Waals surface area contributed by atoms with Crippen molar-refractivity contribution in [1.29, 1.82) is 0 Å². The first-order valence-corrected chi connectivity index (χ1v) is 9.69. The third-order valence-electron chi connectivity index (χ3n) is 4.17. The lowest BCUT2D eigenvalue weighted by atomic mass is 10.1. The summed E-state index contributed by atoms with van der Waals surface area (Å²) in [6.07, 6.45) is 1.94. The third kappa shape index (κ3) is 4.45. The molecule has 3 aromatic rings. The lowest BCUT2D eigenvalue weighted by molar-refractivity contribution is -0.128. The number of nitrogens with zero attached hydrogens (tertiary/aromatic N) is 4. The number of carbonyl (C=O) groups excluding carboxylic acids is 2. The van der Waals surface area contributed by atoms with Crippen LogP contribution in [-0.4, -0.2) is 37.7 Å². The molecule has 2 aromatic heterocycles. The molecule has 1 aromatic carbocycles. The average molecular weight is 402 g/mol. The van der Waals surface area contributed by atoms with E-state index in [1.165, 1.54) is 36.0 Å². The maximum atomic E-state index is 12.9. The second-order valence-corrected chi connectivity index (χ2v) is 6.92. The molecule has 2 heterocycles. The Labute approximate surface area is 164 Å². The van der Waals surface area contributed by atoms with Crippen molar-refractivity contribution >= 4 is 29.4 Å². The van der Waals surface area contributed by atoms with Crippen molar-refractivity contribution in [3.8, 4) is 0 Å². The molecular weight excluding hydrogens is 383 g/mol. The second kappa shape index (κ2) is 8.34. The van der Waals surface area contributed by atoms with Crippen LogP contribution < -0.4 is 10.9 Å². The van der Waals surface area contributed by atoms with E-state index in [0.717, 1.165) is 11.3 Å². The molecule has 10 heteroatoms. The summed E-state index contributed by atoms with van der Waals surface area (Å²) in [5.74, 6) is -0.671. The van der Waals surface area contributed by atoms with Crippen LogP contribution in [0.4, 0.5) is 4.39 Å². The number of thioether (sulfide) groups is 1. The number of carbonyl (C=O) groups is 2. The minimum Gasteiger partial charge on any atom is -0.273 e. The Morgan fingerprint density at radius 2 is 1.71 bits per heavy atom. The van der Waals surface area contributed by atoms with Crippen molar-refractivity contribution in [2.45, 2.75) is 31.8 Å². The fourth-order valence-electron chi connectivity index (χ4n) is 2.71. The summed E-state index contributed by atoms with van der Waals surface area (Å²) in [6, 6.07) is 5.60. The summed E-state index contributed by atoms with van der Waals surface area (Å²) >= 11 is 1.41. The zero-order valence-corrected chi connectivity index (χ0v) is 16.4. The van der Waals surface area contributed by atoms with Crippen molar-refractivity contribution in [3.63, 3.8) is 0 Å². The van der Waals surface area contributed by atoms with Gasteiger partial charge in [0.1, 0.15) is 5.82 Å². The Hall–Kier alpha value is -3.01. The van der Waals surface area contributed by atoms with Crippen LogP contribution in [0, 0.1) is 19.7 Å². The second-order valence-electron chi connectivity index (χ2n) is 6.15. The van der Waals surface area contributed by atoms with Crippen LogP contribution in [0.1, 0.15) is 22.5 Å². The van der Waals surface area contributed by atoms with Gasteiger partial charge in [-0.25, -0.2) is 13.9 Å². The van der Waals surface area contributed by atoms with Gasteiger partial charge in [0.05, 0.1) is 12.8 Å². The highest BCUT2D eigenvalue weighted by molar-refractivity contribution is 7.98. The van der Waals surface area contributed by atoms with Crippen molar-refractivity contribution in [2.24, 2.45) is 0 Å². The number of hydrogen-bond acceptors (Lipinski definition) is 6. The van der Waals surface area contributed by atoms with E-state index in [1.54, 1.807) is 11.4 Å². The van der Waals surface area contributed by atoms with Crippen LogP contribution >= 0.6 is 11.8 Å². The fourth-order valence-corrected chi connectivity index (χ4v) is 3.04.